The van der Waals surface area contributed by atoms with E-state index in [-0.39, 0.29) is 6.10 Å². The Morgan fingerprint density at radius 3 is 2.81 bits per heavy atom. The van der Waals surface area contributed by atoms with Crippen LogP contribution in [0.2, 0.25) is 0 Å². The molecule has 1 heterocycles. The molecule has 0 radical (unpaired) electrons. The Morgan fingerprint density at radius 2 is 2.19 bits per heavy atom. The van der Waals surface area contributed by atoms with Crippen molar-refractivity contribution in [1.82, 2.24) is 5.32 Å². The standard InChI is InChI=1S/C13H18N2O/c1-2-16-12(11-7-4-3-5-8-11)13-14-9-6-10-15-13/h3-5,7-8,12H,2,6,9-10H2,1H3,(H,14,15)/t12-/m1/s1. The van der Waals surface area contributed by atoms with Crippen molar-refractivity contribution in [1.29, 1.82) is 0 Å². The summed E-state index contributed by atoms with van der Waals surface area (Å²) < 4.78 is 5.77. The van der Waals surface area contributed by atoms with Crippen LogP contribution >= 0.6 is 0 Å². The predicted octanol–water partition coefficient (Wildman–Crippen LogP) is 2.16. The lowest BCUT2D eigenvalue weighted by Gasteiger charge is -2.23. The predicted molar refractivity (Wildman–Crippen MR) is 65.7 cm³/mol. The summed E-state index contributed by atoms with van der Waals surface area (Å²) >= 11 is 0. The molecule has 3 nitrogen and oxygen atoms in total. The lowest BCUT2D eigenvalue weighted by molar-refractivity contribution is 0.107. The molecule has 2 rings (SSSR count). The van der Waals surface area contributed by atoms with Gasteiger partial charge < -0.3 is 10.1 Å². The molecule has 1 aliphatic rings. The Kier molecular flexibility index (Phi) is 3.94. The Labute approximate surface area is 96.5 Å². The first-order valence-electron chi connectivity index (χ1n) is 5.86. The molecule has 0 saturated carbocycles. The topological polar surface area (TPSA) is 33.6 Å². The fourth-order valence-electron chi connectivity index (χ4n) is 1.85. The SMILES string of the molecule is CCO[C@@H](C1=NCCCN1)c1ccccc1. The van der Waals surface area contributed by atoms with Crippen LogP contribution in [0.4, 0.5) is 0 Å². The molecule has 0 saturated heterocycles. The molecule has 1 N–H and O–H groups in total. The molecular weight excluding hydrogens is 200 g/mol. The Bertz CT molecular complexity index is 348. The Morgan fingerprint density at radius 1 is 1.38 bits per heavy atom. The smallest absolute Gasteiger partial charge is 0.139 e. The number of benzene rings is 1. The highest BCUT2D eigenvalue weighted by Gasteiger charge is 2.19. The van der Waals surface area contributed by atoms with E-state index in [9.17, 15) is 0 Å². The zero-order chi connectivity index (χ0) is 11.2. The van der Waals surface area contributed by atoms with Gasteiger partial charge >= 0.3 is 0 Å². The lowest BCUT2D eigenvalue weighted by Crippen LogP contribution is -2.35. The number of nitrogens with one attached hydrogen (secondary N) is 1. The third kappa shape index (κ3) is 2.61. The zero-order valence-electron chi connectivity index (χ0n) is 9.65. The van der Waals surface area contributed by atoms with Crippen molar-refractivity contribution in [2.45, 2.75) is 19.4 Å². The molecule has 0 unspecified atom stereocenters. The lowest BCUT2D eigenvalue weighted by atomic mass is 10.1. The molecule has 0 amide bonds. The average molecular weight is 218 g/mol. The molecule has 0 bridgehead atoms. The minimum atomic E-state index is -0.0356. The first kappa shape index (κ1) is 11.1. The molecule has 0 aromatic heterocycles. The molecule has 0 spiro atoms. The van der Waals surface area contributed by atoms with Crippen LogP contribution in [-0.4, -0.2) is 25.5 Å². The number of ether oxygens (including phenoxy) is 1. The van der Waals surface area contributed by atoms with Crippen LogP contribution in [0.5, 0.6) is 0 Å². The van der Waals surface area contributed by atoms with Gasteiger partial charge in [-0.15, -0.1) is 0 Å². The molecule has 16 heavy (non-hydrogen) atoms. The fourth-order valence-corrected chi connectivity index (χ4v) is 1.85. The Balaban J connectivity index is 2.19. The molecule has 0 aliphatic carbocycles. The summed E-state index contributed by atoms with van der Waals surface area (Å²) in [4.78, 5) is 4.51. The second-order valence-electron chi connectivity index (χ2n) is 3.79. The highest BCUT2D eigenvalue weighted by molar-refractivity contribution is 5.88. The largest absolute Gasteiger partial charge is 0.371 e. The molecule has 1 aliphatic heterocycles. The van der Waals surface area contributed by atoms with Crippen molar-refractivity contribution in [3.8, 4) is 0 Å². The third-order valence-corrected chi connectivity index (χ3v) is 2.61. The van der Waals surface area contributed by atoms with E-state index in [1.165, 1.54) is 0 Å². The van der Waals surface area contributed by atoms with Gasteiger partial charge in [-0.25, -0.2) is 0 Å². The number of aliphatic imine (C=N–C) groups is 1. The van der Waals surface area contributed by atoms with E-state index < -0.39 is 0 Å². The van der Waals surface area contributed by atoms with E-state index in [1.807, 2.05) is 25.1 Å². The summed E-state index contributed by atoms with van der Waals surface area (Å²) in [7, 11) is 0. The van der Waals surface area contributed by atoms with Gasteiger partial charge in [0, 0.05) is 19.7 Å². The van der Waals surface area contributed by atoms with Crippen LogP contribution in [0, 0.1) is 0 Å². The third-order valence-electron chi connectivity index (χ3n) is 2.61. The van der Waals surface area contributed by atoms with Crippen molar-refractivity contribution >= 4 is 5.84 Å². The van der Waals surface area contributed by atoms with Gasteiger partial charge in [0.2, 0.25) is 0 Å². The van der Waals surface area contributed by atoms with E-state index in [0.717, 1.165) is 30.9 Å². The summed E-state index contributed by atoms with van der Waals surface area (Å²) in [5.41, 5.74) is 1.16. The van der Waals surface area contributed by atoms with Crippen molar-refractivity contribution in [2.75, 3.05) is 19.7 Å². The second-order valence-corrected chi connectivity index (χ2v) is 3.79. The highest BCUT2D eigenvalue weighted by atomic mass is 16.5. The summed E-state index contributed by atoms with van der Waals surface area (Å²) in [6.07, 6.45) is 1.07. The molecule has 1 aromatic carbocycles. The number of amidine groups is 1. The van der Waals surface area contributed by atoms with Gasteiger partial charge in [0.25, 0.3) is 0 Å². The normalized spacial score (nSPS) is 17.4. The van der Waals surface area contributed by atoms with E-state index in [0.29, 0.717) is 6.61 Å². The quantitative estimate of drug-likeness (QED) is 0.840. The van der Waals surface area contributed by atoms with Gasteiger partial charge in [-0.1, -0.05) is 30.3 Å². The molecule has 1 atom stereocenters. The minimum Gasteiger partial charge on any atom is -0.371 e. The van der Waals surface area contributed by atoms with Crippen LogP contribution in [0.1, 0.15) is 25.0 Å². The first-order valence-corrected chi connectivity index (χ1v) is 5.86. The first-order chi connectivity index (χ1) is 7.92. The van der Waals surface area contributed by atoms with Gasteiger partial charge in [0.15, 0.2) is 0 Å². The summed E-state index contributed by atoms with van der Waals surface area (Å²) in [5, 5.41) is 3.33. The van der Waals surface area contributed by atoms with Crippen molar-refractivity contribution in [3.05, 3.63) is 35.9 Å². The maximum Gasteiger partial charge on any atom is 0.139 e. The van der Waals surface area contributed by atoms with Crippen LogP contribution < -0.4 is 5.32 Å². The van der Waals surface area contributed by atoms with Crippen LogP contribution in [0.3, 0.4) is 0 Å². The highest BCUT2D eigenvalue weighted by Crippen LogP contribution is 2.19. The maximum absolute atomic E-state index is 5.77. The van der Waals surface area contributed by atoms with E-state index in [4.69, 9.17) is 4.74 Å². The maximum atomic E-state index is 5.77. The average Bonchev–Trinajstić information content (AvgIpc) is 2.38. The van der Waals surface area contributed by atoms with Gasteiger partial charge in [-0.05, 0) is 18.9 Å². The number of hydrogen-bond acceptors (Lipinski definition) is 3. The van der Waals surface area contributed by atoms with E-state index in [1.54, 1.807) is 0 Å². The van der Waals surface area contributed by atoms with Gasteiger partial charge in [-0.2, -0.15) is 0 Å². The molecular formula is C13H18N2O. The number of nitrogens with zero attached hydrogens (tertiary/aromatic N) is 1. The molecule has 86 valence electrons. The molecule has 3 heteroatoms. The summed E-state index contributed by atoms with van der Waals surface area (Å²) in [5.74, 6) is 0.972. The monoisotopic (exact) mass is 218 g/mol. The zero-order valence-corrected chi connectivity index (χ0v) is 9.65. The van der Waals surface area contributed by atoms with Crippen LogP contribution in [-0.2, 0) is 4.74 Å². The Hall–Kier alpha value is -1.35. The van der Waals surface area contributed by atoms with E-state index in [2.05, 4.69) is 22.4 Å². The summed E-state index contributed by atoms with van der Waals surface area (Å²) in [6, 6.07) is 10.2. The van der Waals surface area contributed by atoms with Crippen molar-refractivity contribution in [3.63, 3.8) is 0 Å². The molecule has 1 aromatic rings. The van der Waals surface area contributed by atoms with Crippen LogP contribution in [0.15, 0.2) is 35.3 Å². The van der Waals surface area contributed by atoms with Gasteiger partial charge in [0.05, 0.1) is 0 Å². The van der Waals surface area contributed by atoms with Gasteiger partial charge in [0.1, 0.15) is 11.9 Å². The molecule has 0 fully saturated rings. The minimum absolute atomic E-state index is 0.0356. The second kappa shape index (κ2) is 5.66. The number of hydrogen-bond donors (Lipinski definition) is 1. The van der Waals surface area contributed by atoms with Crippen molar-refractivity contribution < 1.29 is 4.74 Å². The van der Waals surface area contributed by atoms with Gasteiger partial charge in [-0.3, -0.25) is 4.99 Å². The van der Waals surface area contributed by atoms with E-state index >= 15 is 0 Å². The fraction of sp³-hybridized carbons (Fsp3) is 0.462. The number of rotatable bonds is 4. The van der Waals surface area contributed by atoms with Crippen LogP contribution in [0.25, 0.3) is 0 Å². The van der Waals surface area contributed by atoms with Crippen molar-refractivity contribution in [2.24, 2.45) is 4.99 Å². The summed E-state index contributed by atoms with van der Waals surface area (Å²) in [6.45, 7) is 4.60.